The summed E-state index contributed by atoms with van der Waals surface area (Å²) in [6.45, 7) is 3.93. The van der Waals surface area contributed by atoms with Gasteiger partial charge in [0.05, 0.1) is 13.0 Å². The van der Waals surface area contributed by atoms with Crippen molar-refractivity contribution >= 4 is 5.97 Å². The van der Waals surface area contributed by atoms with Crippen LogP contribution >= 0.6 is 0 Å². The standard InChI is InChI=1S/C8H14N2O2/c1-12-8(11)6-5-10-3-2-9-4-7(6)10/h6-7,9H,2-5H2,1H3. The lowest BCUT2D eigenvalue weighted by Gasteiger charge is -2.49. The van der Waals surface area contributed by atoms with Gasteiger partial charge in [-0.15, -0.1) is 0 Å². The number of hydrogen-bond donors (Lipinski definition) is 1. The van der Waals surface area contributed by atoms with Crippen molar-refractivity contribution < 1.29 is 9.53 Å². The van der Waals surface area contributed by atoms with E-state index in [1.54, 1.807) is 0 Å². The molecule has 0 saturated carbocycles. The SMILES string of the molecule is COC(=O)C1CN2CCNCC12. The van der Waals surface area contributed by atoms with E-state index in [9.17, 15) is 4.79 Å². The topological polar surface area (TPSA) is 41.6 Å². The third-order valence-corrected chi connectivity index (χ3v) is 2.80. The fraction of sp³-hybridized carbons (Fsp3) is 0.875. The number of carbonyl (C=O) groups excluding carboxylic acids is 1. The molecular weight excluding hydrogens is 156 g/mol. The smallest absolute Gasteiger partial charge is 0.311 e. The van der Waals surface area contributed by atoms with Crippen molar-refractivity contribution in [3.8, 4) is 0 Å². The van der Waals surface area contributed by atoms with Gasteiger partial charge in [-0.25, -0.2) is 0 Å². The molecule has 2 atom stereocenters. The molecule has 4 nitrogen and oxygen atoms in total. The van der Waals surface area contributed by atoms with Crippen LogP contribution in [0.15, 0.2) is 0 Å². The highest BCUT2D eigenvalue weighted by Crippen LogP contribution is 2.26. The Bertz CT molecular complexity index is 195. The van der Waals surface area contributed by atoms with E-state index in [0.29, 0.717) is 6.04 Å². The van der Waals surface area contributed by atoms with Crippen LogP contribution in [-0.4, -0.2) is 50.2 Å². The number of nitrogens with zero attached hydrogens (tertiary/aromatic N) is 1. The summed E-state index contributed by atoms with van der Waals surface area (Å²) in [7, 11) is 1.46. The highest BCUT2D eigenvalue weighted by Gasteiger charge is 2.44. The molecule has 0 aliphatic carbocycles. The summed E-state index contributed by atoms with van der Waals surface area (Å²) in [5.74, 6) is 0.0581. The Morgan fingerprint density at radius 3 is 3.17 bits per heavy atom. The Hall–Kier alpha value is -0.610. The quantitative estimate of drug-likeness (QED) is 0.516. The molecule has 0 bridgehead atoms. The summed E-state index contributed by atoms with van der Waals surface area (Å²) in [4.78, 5) is 13.5. The highest BCUT2D eigenvalue weighted by atomic mass is 16.5. The maximum atomic E-state index is 11.2. The van der Waals surface area contributed by atoms with Crippen LogP contribution in [0.4, 0.5) is 0 Å². The number of esters is 1. The molecule has 0 aromatic carbocycles. The predicted octanol–water partition coefficient (Wildman–Crippen LogP) is -0.937. The second-order valence-electron chi connectivity index (χ2n) is 3.40. The Kier molecular flexibility index (Phi) is 2.02. The fourth-order valence-corrected chi connectivity index (χ4v) is 2.01. The van der Waals surface area contributed by atoms with Crippen molar-refractivity contribution in [3.63, 3.8) is 0 Å². The van der Waals surface area contributed by atoms with E-state index < -0.39 is 0 Å². The zero-order valence-electron chi connectivity index (χ0n) is 7.25. The molecule has 2 saturated heterocycles. The number of ether oxygens (including phenoxy) is 1. The third kappa shape index (κ3) is 1.11. The summed E-state index contributed by atoms with van der Waals surface area (Å²) in [6, 6.07) is 0.395. The summed E-state index contributed by atoms with van der Waals surface area (Å²) in [6.07, 6.45) is 0. The van der Waals surface area contributed by atoms with Gasteiger partial charge in [0.2, 0.25) is 0 Å². The van der Waals surface area contributed by atoms with Crippen molar-refractivity contribution in [1.29, 1.82) is 0 Å². The molecule has 2 heterocycles. The van der Waals surface area contributed by atoms with Gasteiger partial charge >= 0.3 is 5.97 Å². The number of piperazine rings is 1. The molecular formula is C8H14N2O2. The minimum absolute atomic E-state index is 0.0556. The molecule has 4 heteroatoms. The molecule has 0 amide bonds. The number of methoxy groups -OCH3 is 1. The first kappa shape index (κ1) is 8.01. The van der Waals surface area contributed by atoms with Gasteiger partial charge in [-0.2, -0.15) is 0 Å². The molecule has 2 rings (SSSR count). The van der Waals surface area contributed by atoms with Gasteiger partial charge in [0, 0.05) is 32.2 Å². The van der Waals surface area contributed by atoms with E-state index in [0.717, 1.165) is 26.2 Å². The maximum Gasteiger partial charge on any atom is 0.311 e. The summed E-state index contributed by atoms with van der Waals surface area (Å²) < 4.78 is 4.71. The molecule has 2 aliphatic rings. The molecule has 2 fully saturated rings. The highest BCUT2D eigenvalue weighted by molar-refractivity contribution is 5.74. The van der Waals surface area contributed by atoms with Crippen molar-refractivity contribution in [1.82, 2.24) is 10.2 Å². The van der Waals surface area contributed by atoms with Gasteiger partial charge in [-0.3, -0.25) is 9.69 Å². The van der Waals surface area contributed by atoms with E-state index in [4.69, 9.17) is 4.74 Å². The molecule has 1 N–H and O–H groups in total. The van der Waals surface area contributed by atoms with Crippen molar-refractivity contribution in [3.05, 3.63) is 0 Å². The molecule has 0 radical (unpaired) electrons. The van der Waals surface area contributed by atoms with E-state index in [1.807, 2.05) is 0 Å². The van der Waals surface area contributed by atoms with Crippen LogP contribution in [-0.2, 0) is 9.53 Å². The zero-order valence-corrected chi connectivity index (χ0v) is 7.25. The zero-order chi connectivity index (χ0) is 8.55. The summed E-state index contributed by atoms with van der Waals surface area (Å²) in [5.41, 5.74) is 0. The van der Waals surface area contributed by atoms with Crippen LogP contribution < -0.4 is 5.32 Å². The van der Waals surface area contributed by atoms with Crippen molar-refractivity contribution in [2.75, 3.05) is 33.3 Å². The number of carbonyl (C=O) groups is 1. The van der Waals surface area contributed by atoms with Gasteiger partial charge < -0.3 is 10.1 Å². The largest absolute Gasteiger partial charge is 0.469 e. The van der Waals surface area contributed by atoms with Gasteiger partial charge in [0.15, 0.2) is 0 Å². The Morgan fingerprint density at radius 1 is 1.67 bits per heavy atom. The lowest BCUT2D eigenvalue weighted by molar-refractivity contribution is -0.157. The summed E-state index contributed by atoms with van der Waals surface area (Å²) >= 11 is 0. The molecule has 2 aliphatic heterocycles. The van der Waals surface area contributed by atoms with Crippen molar-refractivity contribution in [2.24, 2.45) is 5.92 Å². The normalized spacial score (nSPS) is 35.1. The first-order valence-corrected chi connectivity index (χ1v) is 4.35. The Balaban J connectivity index is 1.92. The van der Waals surface area contributed by atoms with Gasteiger partial charge in [-0.05, 0) is 0 Å². The molecule has 0 aromatic heterocycles. The number of nitrogens with one attached hydrogen (secondary N) is 1. The second kappa shape index (κ2) is 3.03. The van der Waals surface area contributed by atoms with E-state index in [-0.39, 0.29) is 11.9 Å². The third-order valence-electron chi connectivity index (χ3n) is 2.80. The van der Waals surface area contributed by atoms with Crippen LogP contribution in [0, 0.1) is 5.92 Å². The first-order valence-electron chi connectivity index (χ1n) is 4.35. The molecule has 0 spiro atoms. The fourth-order valence-electron chi connectivity index (χ4n) is 2.01. The Labute approximate surface area is 71.9 Å². The number of rotatable bonds is 1. The predicted molar refractivity (Wildman–Crippen MR) is 43.7 cm³/mol. The summed E-state index contributed by atoms with van der Waals surface area (Å²) in [5, 5.41) is 3.28. The molecule has 68 valence electrons. The average Bonchev–Trinajstić information content (AvgIpc) is 2.07. The van der Waals surface area contributed by atoms with Crippen LogP contribution in [0.5, 0.6) is 0 Å². The number of hydrogen-bond acceptors (Lipinski definition) is 4. The van der Waals surface area contributed by atoms with E-state index >= 15 is 0 Å². The lowest BCUT2D eigenvalue weighted by atomic mass is 9.87. The van der Waals surface area contributed by atoms with Gasteiger partial charge in [0.25, 0.3) is 0 Å². The molecule has 0 aromatic rings. The average molecular weight is 170 g/mol. The maximum absolute atomic E-state index is 11.2. The minimum Gasteiger partial charge on any atom is -0.469 e. The van der Waals surface area contributed by atoms with Gasteiger partial charge in [-0.1, -0.05) is 0 Å². The van der Waals surface area contributed by atoms with Crippen molar-refractivity contribution in [2.45, 2.75) is 6.04 Å². The Morgan fingerprint density at radius 2 is 2.50 bits per heavy atom. The minimum atomic E-state index is -0.0556. The molecule has 12 heavy (non-hydrogen) atoms. The van der Waals surface area contributed by atoms with Crippen LogP contribution in [0.3, 0.4) is 0 Å². The van der Waals surface area contributed by atoms with Crippen LogP contribution in [0.2, 0.25) is 0 Å². The van der Waals surface area contributed by atoms with E-state index in [2.05, 4.69) is 10.2 Å². The van der Waals surface area contributed by atoms with Crippen LogP contribution in [0.1, 0.15) is 0 Å². The number of fused-ring (bicyclic) bond motifs is 1. The van der Waals surface area contributed by atoms with Crippen LogP contribution in [0.25, 0.3) is 0 Å². The molecule has 2 unspecified atom stereocenters. The first-order chi connectivity index (χ1) is 5.83. The monoisotopic (exact) mass is 170 g/mol. The van der Waals surface area contributed by atoms with Gasteiger partial charge in [0.1, 0.15) is 0 Å². The lowest BCUT2D eigenvalue weighted by Crippen LogP contribution is -2.67. The van der Waals surface area contributed by atoms with E-state index in [1.165, 1.54) is 7.11 Å². The second-order valence-corrected chi connectivity index (χ2v) is 3.40.